The average molecular weight is 275 g/mol. The van der Waals surface area contributed by atoms with E-state index in [2.05, 4.69) is 0 Å². The maximum atomic E-state index is 12.2. The summed E-state index contributed by atoms with van der Waals surface area (Å²) < 4.78 is 0.661. The quantitative estimate of drug-likeness (QED) is 0.689. The predicted octanol–water partition coefficient (Wildman–Crippen LogP) is 3.28. The zero-order chi connectivity index (χ0) is 13.1. The van der Waals surface area contributed by atoms with Crippen LogP contribution in [-0.4, -0.2) is 17.1 Å². The summed E-state index contributed by atoms with van der Waals surface area (Å²) in [5.74, 6) is -0.462. The average Bonchev–Trinajstić information content (AvgIpc) is 2.75. The van der Waals surface area contributed by atoms with Crippen LogP contribution in [-0.2, 0) is 0 Å². The van der Waals surface area contributed by atoms with Crippen LogP contribution >= 0.6 is 23.1 Å². The van der Waals surface area contributed by atoms with Gasteiger partial charge in [-0.05, 0) is 6.26 Å². The van der Waals surface area contributed by atoms with Crippen molar-refractivity contribution in [2.24, 2.45) is 0 Å². The lowest BCUT2D eigenvalue weighted by Crippen LogP contribution is -1.98. The molecule has 0 aliphatic carbocycles. The van der Waals surface area contributed by atoms with E-state index in [4.69, 9.17) is 5.26 Å². The Hall–Kier alpha value is -1.77. The first-order valence-corrected chi connectivity index (χ1v) is 7.12. The minimum atomic E-state index is -0.255. The predicted molar refractivity (Wildman–Crippen MR) is 72.4 cm³/mol. The highest BCUT2D eigenvalue weighted by Crippen LogP contribution is 2.40. The van der Waals surface area contributed by atoms with Gasteiger partial charge >= 0.3 is 0 Å². The third kappa shape index (κ3) is 2.13. The van der Waals surface area contributed by atoms with Crippen molar-refractivity contribution in [1.29, 1.82) is 5.26 Å². The van der Waals surface area contributed by atoms with Crippen molar-refractivity contribution in [2.75, 3.05) is 6.26 Å². The number of thiophene rings is 1. The molecule has 0 saturated heterocycles. The topological polar surface area (TPSA) is 61.1 Å². The summed E-state index contributed by atoms with van der Waals surface area (Å²) in [5.41, 5.74) is 0.693. The van der Waals surface area contributed by atoms with Gasteiger partial charge < -0.3 is 5.11 Å². The third-order valence-electron chi connectivity index (χ3n) is 2.39. The van der Waals surface area contributed by atoms with Gasteiger partial charge in [0.1, 0.15) is 16.5 Å². The van der Waals surface area contributed by atoms with Gasteiger partial charge in [-0.2, -0.15) is 5.26 Å². The number of aromatic hydroxyl groups is 1. The van der Waals surface area contributed by atoms with E-state index in [-0.39, 0.29) is 22.0 Å². The van der Waals surface area contributed by atoms with Crippen LogP contribution in [0.25, 0.3) is 0 Å². The highest BCUT2D eigenvalue weighted by molar-refractivity contribution is 8.00. The number of ketones is 1. The van der Waals surface area contributed by atoms with Crippen molar-refractivity contribution in [3.05, 3.63) is 46.3 Å². The standard InChI is InChI=1S/C13H9NO2S2/c1-17-13-9(7-14)11(16)12(18-13)10(15)8-5-3-2-4-6-8/h2-6,16H,1H3. The molecule has 0 atom stereocenters. The lowest BCUT2D eigenvalue weighted by molar-refractivity contribution is 0.104. The summed E-state index contributed by atoms with van der Waals surface area (Å²) in [7, 11) is 0. The second-order valence-electron chi connectivity index (χ2n) is 3.45. The number of rotatable bonds is 3. The molecule has 18 heavy (non-hydrogen) atoms. The fourth-order valence-electron chi connectivity index (χ4n) is 1.52. The highest BCUT2D eigenvalue weighted by atomic mass is 32.2. The number of nitriles is 1. The Bertz CT molecular complexity index is 626. The molecule has 5 heteroatoms. The summed E-state index contributed by atoms with van der Waals surface area (Å²) >= 11 is 2.51. The number of thioether (sulfide) groups is 1. The first-order chi connectivity index (χ1) is 8.69. The number of hydrogen-bond donors (Lipinski definition) is 1. The van der Waals surface area contributed by atoms with E-state index < -0.39 is 0 Å². The normalized spacial score (nSPS) is 10.0. The van der Waals surface area contributed by atoms with Gasteiger partial charge in [0, 0.05) is 5.56 Å². The van der Waals surface area contributed by atoms with Gasteiger partial charge in [-0.1, -0.05) is 30.3 Å². The van der Waals surface area contributed by atoms with Gasteiger partial charge in [0.05, 0.1) is 4.21 Å². The molecule has 3 nitrogen and oxygen atoms in total. The zero-order valence-electron chi connectivity index (χ0n) is 9.51. The Morgan fingerprint density at radius 2 is 2.06 bits per heavy atom. The molecule has 1 heterocycles. The van der Waals surface area contributed by atoms with Crippen LogP contribution in [0, 0.1) is 11.3 Å². The summed E-state index contributed by atoms with van der Waals surface area (Å²) in [4.78, 5) is 12.4. The maximum absolute atomic E-state index is 12.2. The summed E-state index contributed by atoms with van der Waals surface area (Å²) in [5, 5.41) is 18.9. The molecular formula is C13H9NO2S2. The van der Waals surface area contributed by atoms with Gasteiger partial charge in [0.25, 0.3) is 0 Å². The molecule has 0 amide bonds. The van der Waals surface area contributed by atoms with Crippen LogP contribution in [0.2, 0.25) is 0 Å². The minimum Gasteiger partial charge on any atom is -0.505 e. The van der Waals surface area contributed by atoms with Crippen LogP contribution < -0.4 is 0 Å². The van der Waals surface area contributed by atoms with E-state index >= 15 is 0 Å². The molecule has 0 aliphatic heterocycles. The Morgan fingerprint density at radius 1 is 1.39 bits per heavy atom. The van der Waals surface area contributed by atoms with Crippen LogP contribution in [0.5, 0.6) is 5.75 Å². The lowest BCUT2D eigenvalue weighted by Gasteiger charge is -1.98. The Morgan fingerprint density at radius 3 is 2.56 bits per heavy atom. The molecule has 0 aliphatic rings. The molecule has 1 aromatic carbocycles. The van der Waals surface area contributed by atoms with E-state index in [9.17, 15) is 9.90 Å². The van der Waals surface area contributed by atoms with Crippen molar-refractivity contribution < 1.29 is 9.90 Å². The molecular weight excluding hydrogens is 266 g/mol. The Kier molecular flexibility index (Phi) is 3.70. The van der Waals surface area contributed by atoms with Crippen LogP contribution in [0.1, 0.15) is 20.8 Å². The summed E-state index contributed by atoms with van der Waals surface area (Å²) in [6.45, 7) is 0. The molecule has 0 unspecified atom stereocenters. The minimum absolute atomic E-state index is 0.187. The zero-order valence-corrected chi connectivity index (χ0v) is 11.1. The SMILES string of the molecule is CSc1sc(C(=O)c2ccccc2)c(O)c1C#N. The first-order valence-electron chi connectivity index (χ1n) is 5.08. The van der Waals surface area contributed by atoms with Gasteiger partial charge in [-0.25, -0.2) is 0 Å². The van der Waals surface area contributed by atoms with Crippen molar-refractivity contribution >= 4 is 28.9 Å². The van der Waals surface area contributed by atoms with Crippen LogP contribution in [0.3, 0.4) is 0 Å². The van der Waals surface area contributed by atoms with E-state index in [0.29, 0.717) is 9.77 Å². The molecule has 0 spiro atoms. The van der Waals surface area contributed by atoms with Crippen LogP contribution in [0.15, 0.2) is 34.5 Å². The molecule has 1 aromatic heterocycles. The Balaban J connectivity index is 2.50. The summed E-state index contributed by atoms with van der Waals surface area (Å²) in [6.07, 6.45) is 1.81. The first kappa shape index (κ1) is 12.7. The van der Waals surface area contributed by atoms with Crippen molar-refractivity contribution in [3.63, 3.8) is 0 Å². The van der Waals surface area contributed by atoms with Gasteiger partial charge in [-0.15, -0.1) is 23.1 Å². The van der Waals surface area contributed by atoms with E-state index in [1.807, 2.05) is 18.4 Å². The number of hydrogen-bond acceptors (Lipinski definition) is 5. The fourth-order valence-corrected chi connectivity index (χ4v) is 3.29. The second kappa shape index (κ2) is 5.25. The van der Waals surface area contributed by atoms with Crippen molar-refractivity contribution in [2.45, 2.75) is 4.21 Å². The van der Waals surface area contributed by atoms with E-state index in [0.717, 1.165) is 11.3 Å². The molecule has 0 radical (unpaired) electrons. The highest BCUT2D eigenvalue weighted by Gasteiger charge is 2.22. The maximum Gasteiger partial charge on any atom is 0.206 e. The van der Waals surface area contributed by atoms with Crippen molar-refractivity contribution in [1.82, 2.24) is 0 Å². The molecule has 0 bridgehead atoms. The van der Waals surface area contributed by atoms with Gasteiger partial charge in [-0.3, -0.25) is 4.79 Å². The monoisotopic (exact) mass is 275 g/mol. The number of nitrogens with zero attached hydrogens (tertiary/aromatic N) is 1. The van der Waals surface area contributed by atoms with Gasteiger partial charge in [0.2, 0.25) is 5.78 Å². The molecule has 0 saturated carbocycles. The van der Waals surface area contributed by atoms with Crippen molar-refractivity contribution in [3.8, 4) is 11.8 Å². The molecule has 90 valence electrons. The fraction of sp³-hybridized carbons (Fsp3) is 0.0769. The van der Waals surface area contributed by atoms with Gasteiger partial charge in [0.15, 0.2) is 5.75 Å². The molecule has 2 rings (SSSR count). The molecule has 1 N–H and O–H groups in total. The van der Waals surface area contributed by atoms with E-state index in [1.165, 1.54) is 11.8 Å². The third-order valence-corrected chi connectivity index (χ3v) is 4.69. The largest absolute Gasteiger partial charge is 0.505 e. The summed E-state index contributed by atoms with van der Waals surface area (Å²) in [6, 6.07) is 10.6. The lowest BCUT2D eigenvalue weighted by atomic mass is 10.1. The smallest absolute Gasteiger partial charge is 0.206 e. The number of carbonyl (C=O) groups is 1. The van der Waals surface area contributed by atoms with E-state index in [1.54, 1.807) is 24.3 Å². The number of benzene rings is 1. The van der Waals surface area contributed by atoms with Crippen LogP contribution in [0.4, 0.5) is 0 Å². The molecule has 0 fully saturated rings. The second-order valence-corrected chi connectivity index (χ2v) is 5.55. The number of carbonyl (C=O) groups excluding carboxylic acids is 1. The Labute approximate surface area is 113 Å². The molecule has 2 aromatic rings.